The quantitative estimate of drug-likeness (QED) is 0.649. The average Bonchev–Trinajstić information content (AvgIpc) is 2.07. The first-order chi connectivity index (χ1) is 6.09. The van der Waals surface area contributed by atoms with Gasteiger partial charge in [-0.2, -0.15) is 0 Å². The van der Waals surface area contributed by atoms with E-state index in [1.54, 1.807) is 0 Å². The van der Waals surface area contributed by atoms with Gasteiger partial charge in [-0.25, -0.2) is 0 Å². The number of aliphatic hydroxyl groups excluding tert-OH is 1. The number of thiocarbonyl (C=S) groups is 1. The maximum Gasteiger partial charge on any atom is 0.0740 e. The summed E-state index contributed by atoms with van der Waals surface area (Å²) >= 11 is 4.81. The second kappa shape index (κ2) is 4.88. The van der Waals surface area contributed by atoms with Crippen LogP contribution in [0.25, 0.3) is 0 Å². The number of aliphatic hydroxyl groups is 1. The molecule has 76 valence electrons. The number of nitrogens with zero attached hydrogens (tertiary/aromatic N) is 1. The number of nitrogens with two attached hydrogens (primary N) is 1. The lowest BCUT2D eigenvalue weighted by Crippen LogP contribution is -2.43. The van der Waals surface area contributed by atoms with Crippen molar-refractivity contribution in [2.75, 3.05) is 19.6 Å². The van der Waals surface area contributed by atoms with Crippen molar-refractivity contribution in [3.8, 4) is 0 Å². The maximum absolute atomic E-state index is 9.61. The molecule has 13 heavy (non-hydrogen) atoms. The van der Waals surface area contributed by atoms with Crippen molar-refractivity contribution < 1.29 is 5.11 Å². The van der Waals surface area contributed by atoms with Crippen LogP contribution in [0.15, 0.2) is 0 Å². The minimum atomic E-state index is -0.180. The van der Waals surface area contributed by atoms with Crippen LogP contribution in [0.5, 0.6) is 0 Å². The van der Waals surface area contributed by atoms with Crippen LogP contribution in [-0.2, 0) is 0 Å². The van der Waals surface area contributed by atoms with Gasteiger partial charge >= 0.3 is 0 Å². The first-order valence-electron chi connectivity index (χ1n) is 4.78. The number of rotatable bonds is 3. The predicted molar refractivity (Wildman–Crippen MR) is 57.6 cm³/mol. The third kappa shape index (κ3) is 3.58. The standard InChI is InChI=1S/C9H18N2OS/c1-7-2-4-11(6-8(7)12)5-3-9(10)13/h7-8,12H,2-6H2,1H3,(H2,10,13). The zero-order chi connectivity index (χ0) is 9.84. The molecule has 1 fully saturated rings. The molecular weight excluding hydrogens is 184 g/mol. The van der Waals surface area contributed by atoms with Gasteiger partial charge in [-0.1, -0.05) is 19.1 Å². The number of hydrogen-bond acceptors (Lipinski definition) is 3. The van der Waals surface area contributed by atoms with E-state index >= 15 is 0 Å². The molecule has 0 aromatic heterocycles. The SMILES string of the molecule is CC1CCN(CCC(N)=S)CC1O. The fourth-order valence-corrected chi connectivity index (χ4v) is 1.68. The maximum atomic E-state index is 9.61. The van der Waals surface area contributed by atoms with Gasteiger partial charge in [0.25, 0.3) is 0 Å². The van der Waals surface area contributed by atoms with Crippen LogP contribution in [0.4, 0.5) is 0 Å². The molecule has 1 saturated heterocycles. The second-order valence-electron chi connectivity index (χ2n) is 3.85. The molecule has 0 aromatic carbocycles. The fraction of sp³-hybridized carbons (Fsp3) is 0.889. The van der Waals surface area contributed by atoms with Crippen molar-refractivity contribution in [1.29, 1.82) is 0 Å². The Bertz CT molecular complexity index is 186. The molecular formula is C9H18N2OS. The lowest BCUT2D eigenvalue weighted by molar-refractivity contribution is 0.0305. The van der Waals surface area contributed by atoms with Crippen molar-refractivity contribution in [1.82, 2.24) is 4.90 Å². The molecule has 0 spiro atoms. The van der Waals surface area contributed by atoms with Crippen LogP contribution in [0.2, 0.25) is 0 Å². The highest BCUT2D eigenvalue weighted by Gasteiger charge is 2.23. The van der Waals surface area contributed by atoms with Gasteiger partial charge < -0.3 is 15.7 Å². The molecule has 0 aliphatic carbocycles. The lowest BCUT2D eigenvalue weighted by Gasteiger charge is -2.34. The molecule has 2 unspecified atom stereocenters. The first kappa shape index (κ1) is 10.9. The second-order valence-corrected chi connectivity index (χ2v) is 4.37. The van der Waals surface area contributed by atoms with Crippen molar-refractivity contribution in [2.45, 2.75) is 25.9 Å². The van der Waals surface area contributed by atoms with Crippen molar-refractivity contribution in [3.63, 3.8) is 0 Å². The Labute approximate surface area is 84.9 Å². The van der Waals surface area contributed by atoms with Crippen molar-refractivity contribution in [2.24, 2.45) is 11.7 Å². The molecule has 3 nitrogen and oxygen atoms in total. The van der Waals surface area contributed by atoms with E-state index in [1.165, 1.54) is 0 Å². The molecule has 2 atom stereocenters. The summed E-state index contributed by atoms with van der Waals surface area (Å²) in [6.07, 6.45) is 1.65. The van der Waals surface area contributed by atoms with Gasteiger partial charge in [0.15, 0.2) is 0 Å². The van der Waals surface area contributed by atoms with Crippen molar-refractivity contribution in [3.05, 3.63) is 0 Å². The largest absolute Gasteiger partial charge is 0.393 e. The zero-order valence-electron chi connectivity index (χ0n) is 8.07. The fourth-order valence-electron chi connectivity index (χ4n) is 1.59. The molecule has 0 aromatic rings. The van der Waals surface area contributed by atoms with E-state index < -0.39 is 0 Å². The molecule has 1 aliphatic heterocycles. The minimum Gasteiger partial charge on any atom is -0.393 e. The first-order valence-corrected chi connectivity index (χ1v) is 5.19. The average molecular weight is 202 g/mol. The van der Waals surface area contributed by atoms with E-state index in [0.717, 1.165) is 32.5 Å². The van der Waals surface area contributed by atoms with E-state index in [0.29, 0.717) is 10.9 Å². The molecule has 0 saturated carbocycles. The summed E-state index contributed by atoms with van der Waals surface area (Å²) in [5, 5.41) is 9.61. The Hall–Kier alpha value is -0.190. The van der Waals surface area contributed by atoms with E-state index in [2.05, 4.69) is 11.8 Å². The Morgan fingerprint density at radius 2 is 2.38 bits per heavy atom. The van der Waals surface area contributed by atoms with Crippen LogP contribution < -0.4 is 5.73 Å². The summed E-state index contributed by atoms with van der Waals surface area (Å²) in [6, 6.07) is 0. The summed E-state index contributed by atoms with van der Waals surface area (Å²) in [4.78, 5) is 2.79. The smallest absolute Gasteiger partial charge is 0.0740 e. The lowest BCUT2D eigenvalue weighted by atomic mass is 9.96. The van der Waals surface area contributed by atoms with Gasteiger partial charge in [0, 0.05) is 19.5 Å². The van der Waals surface area contributed by atoms with Gasteiger partial charge in [-0.3, -0.25) is 0 Å². The molecule has 0 amide bonds. The Morgan fingerprint density at radius 1 is 1.69 bits per heavy atom. The molecule has 1 heterocycles. The molecule has 3 N–H and O–H groups in total. The molecule has 4 heteroatoms. The van der Waals surface area contributed by atoms with Crippen LogP contribution >= 0.6 is 12.2 Å². The van der Waals surface area contributed by atoms with Crippen LogP contribution in [0.1, 0.15) is 19.8 Å². The summed E-state index contributed by atoms with van der Waals surface area (Å²) < 4.78 is 0. The summed E-state index contributed by atoms with van der Waals surface area (Å²) in [5.41, 5.74) is 5.41. The van der Waals surface area contributed by atoms with Gasteiger partial charge in [-0.05, 0) is 18.9 Å². The molecule has 1 aliphatic rings. The minimum absolute atomic E-state index is 0.180. The van der Waals surface area contributed by atoms with Gasteiger partial charge in [0.05, 0.1) is 11.1 Å². The predicted octanol–water partition coefficient (Wildman–Crippen LogP) is 0.365. The molecule has 0 bridgehead atoms. The monoisotopic (exact) mass is 202 g/mol. The number of hydrogen-bond donors (Lipinski definition) is 2. The van der Waals surface area contributed by atoms with Crippen LogP contribution in [0, 0.1) is 5.92 Å². The highest BCUT2D eigenvalue weighted by Crippen LogP contribution is 2.16. The highest BCUT2D eigenvalue weighted by molar-refractivity contribution is 7.80. The normalized spacial score (nSPS) is 30.3. The summed E-state index contributed by atoms with van der Waals surface area (Å²) in [5.74, 6) is 0.432. The van der Waals surface area contributed by atoms with E-state index in [1.807, 2.05) is 0 Å². The zero-order valence-corrected chi connectivity index (χ0v) is 8.89. The summed E-state index contributed by atoms with van der Waals surface area (Å²) in [7, 11) is 0. The number of likely N-dealkylation sites (tertiary alicyclic amines) is 1. The highest BCUT2D eigenvalue weighted by atomic mass is 32.1. The third-order valence-electron chi connectivity index (χ3n) is 2.68. The van der Waals surface area contributed by atoms with E-state index in [-0.39, 0.29) is 6.10 Å². The van der Waals surface area contributed by atoms with Gasteiger partial charge in [0.1, 0.15) is 0 Å². The Balaban J connectivity index is 2.25. The summed E-state index contributed by atoms with van der Waals surface area (Å²) in [6.45, 7) is 4.80. The van der Waals surface area contributed by atoms with Gasteiger partial charge in [0.2, 0.25) is 0 Å². The topological polar surface area (TPSA) is 49.5 Å². The third-order valence-corrected chi connectivity index (χ3v) is 2.88. The molecule has 0 radical (unpaired) electrons. The van der Waals surface area contributed by atoms with Crippen molar-refractivity contribution >= 4 is 17.2 Å². The molecule has 1 rings (SSSR count). The van der Waals surface area contributed by atoms with E-state index in [4.69, 9.17) is 18.0 Å². The van der Waals surface area contributed by atoms with Crippen LogP contribution in [-0.4, -0.2) is 40.7 Å². The Kier molecular flexibility index (Phi) is 4.09. The Morgan fingerprint density at radius 3 is 2.92 bits per heavy atom. The van der Waals surface area contributed by atoms with E-state index in [9.17, 15) is 5.11 Å². The number of piperidine rings is 1. The van der Waals surface area contributed by atoms with Gasteiger partial charge in [-0.15, -0.1) is 0 Å². The number of β-amino-alcohol motifs (C(OH)–C–C–N with tert-alkyl or cyclic N) is 1. The van der Waals surface area contributed by atoms with Crippen LogP contribution in [0.3, 0.4) is 0 Å².